The molecule has 0 aliphatic carbocycles. The average Bonchev–Trinajstić information content (AvgIpc) is 3.00. The summed E-state index contributed by atoms with van der Waals surface area (Å²) in [5, 5.41) is 14.0. The van der Waals surface area contributed by atoms with Crippen LogP contribution in [-0.4, -0.2) is 65.7 Å². The number of thiophene rings is 1. The highest BCUT2D eigenvalue weighted by atomic mass is 32.1. The molecule has 4 N–H and O–H groups in total. The molecule has 1 aromatic rings. The fourth-order valence-corrected chi connectivity index (χ4v) is 3.52. The average molecular weight is 340 g/mol. The molecule has 1 fully saturated rings. The molecular weight excluding hydrogens is 316 g/mol. The summed E-state index contributed by atoms with van der Waals surface area (Å²) in [6.07, 6.45) is -0.153. The van der Waals surface area contributed by atoms with Gasteiger partial charge in [0.2, 0.25) is 5.91 Å². The smallest absolute Gasteiger partial charge is 0.312 e. The number of hydrogen-bond acceptors (Lipinski definition) is 5. The van der Waals surface area contributed by atoms with Crippen LogP contribution in [0.1, 0.15) is 24.3 Å². The van der Waals surface area contributed by atoms with Crippen LogP contribution in [0.3, 0.4) is 0 Å². The van der Waals surface area contributed by atoms with Crippen LogP contribution in [0.2, 0.25) is 0 Å². The molecule has 0 saturated carbocycles. The molecule has 7 nitrogen and oxygen atoms in total. The van der Waals surface area contributed by atoms with Crippen LogP contribution < -0.4 is 11.1 Å². The van der Waals surface area contributed by atoms with Gasteiger partial charge in [-0.2, -0.15) is 0 Å². The first-order valence-electron chi connectivity index (χ1n) is 7.73. The predicted octanol–water partition coefficient (Wildman–Crippen LogP) is 0.373. The fraction of sp³-hybridized carbons (Fsp3) is 0.600. The minimum Gasteiger partial charge on any atom is -0.392 e. The number of rotatable bonds is 6. The van der Waals surface area contributed by atoms with Crippen molar-refractivity contribution in [1.29, 1.82) is 0 Å². The van der Waals surface area contributed by atoms with Gasteiger partial charge in [-0.05, 0) is 18.4 Å². The second-order valence-corrected chi connectivity index (χ2v) is 6.79. The van der Waals surface area contributed by atoms with Gasteiger partial charge in [-0.25, -0.2) is 4.79 Å². The highest BCUT2D eigenvalue weighted by Crippen LogP contribution is 2.23. The number of β-amino-alcohol motifs (C(OH)–C–C–N with tert-alkyl or cyclic N) is 1. The number of nitrogens with two attached hydrogens (primary N) is 1. The van der Waals surface area contributed by atoms with Gasteiger partial charge in [0.25, 0.3) is 0 Å². The minimum absolute atomic E-state index is 0.00819. The van der Waals surface area contributed by atoms with Crippen molar-refractivity contribution in [2.24, 2.45) is 5.73 Å². The zero-order chi connectivity index (χ0) is 16.8. The normalized spacial score (nSPS) is 18.4. The molecule has 2 atom stereocenters. The van der Waals surface area contributed by atoms with Crippen LogP contribution in [0.15, 0.2) is 17.5 Å². The molecule has 0 unspecified atom stereocenters. The van der Waals surface area contributed by atoms with Crippen molar-refractivity contribution in [2.45, 2.75) is 25.5 Å². The first-order chi connectivity index (χ1) is 11.0. The van der Waals surface area contributed by atoms with Crippen LogP contribution in [0.4, 0.5) is 4.79 Å². The van der Waals surface area contributed by atoms with Crippen LogP contribution >= 0.6 is 11.3 Å². The highest BCUT2D eigenvalue weighted by molar-refractivity contribution is 7.10. The van der Waals surface area contributed by atoms with E-state index in [0.29, 0.717) is 19.6 Å². The quantitative estimate of drug-likeness (QED) is 0.697. The molecule has 2 rings (SSSR count). The number of aliphatic hydroxyl groups excluding tert-OH is 1. The van der Waals surface area contributed by atoms with E-state index < -0.39 is 6.03 Å². The number of amides is 3. The Labute approximate surface area is 140 Å². The van der Waals surface area contributed by atoms with E-state index in [0.717, 1.165) is 18.0 Å². The van der Waals surface area contributed by atoms with Gasteiger partial charge in [0.05, 0.1) is 18.6 Å². The topological polar surface area (TPSA) is 98.9 Å². The number of hydrogen-bond donors (Lipinski definition) is 3. The lowest BCUT2D eigenvalue weighted by Crippen LogP contribution is -2.50. The van der Waals surface area contributed by atoms with E-state index in [1.165, 1.54) is 11.3 Å². The maximum absolute atomic E-state index is 12.5. The Balaban J connectivity index is 1.88. The summed E-state index contributed by atoms with van der Waals surface area (Å²) in [7, 11) is 0. The monoisotopic (exact) mass is 340 g/mol. The molecular formula is C15H24N4O3S. The van der Waals surface area contributed by atoms with Gasteiger partial charge in [0.15, 0.2) is 0 Å². The Bertz CT molecular complexity index is 513. The molecule has 0 radical (unpaired) electrons. The van der Waals surface area contributed by atoms with E-state index in [4.69, 9.17) is 5.73 Å². The fourth-order valence-electron chi connectivity index (χ4n) is 2.74. The summed E-state index contributed by atoms with van der Waals surface area (Å²) in [5.41, 5.74) is 5.22. The van der Waals surface area contributed by atoms with Gasteiger partial charge >= 0.3 is 6.03 Å². The largest absolute Gasteiger partial charge is 0.392 e. The van der Waals surface area contributed by atoms with Crippen molar-refractivity contribution in [3.8, 4) is 0 Å². The standard InChI is InChI=1S/C15H24N4O3S/c1-11(20)10-18-4-6-19(7-5-18)14(21)9-12(17-15(16)22)13-3-2-8-23-13/h2-3,8,11-12,20H,4-7,9-10H2,1H3,(H3,16,17,22)/t11-,12-/m1/s1. The van der Waals surface area contributed by atoms with Gasteiger partial charge in [-0.3, -0.25) is 9.69 Å². The molecule has 8 heteroatoms. The Morgan fingerprint density at radius 1 is 1.39 bits per heavy atom. The van der Waals surface area contributed by atoms with Gasteiger partial charge in [-0.1, -0.05) is 6.07 Å². The summed E-state index contributed by atoms with van der Waals surface area (Å²) >= 11 is 1.49. The minimum atomic E-state index is -0.627. The number of nitrogens with zero attached hydrogens (tertiary/aromatic N) is 2. The van der Waals surface area contributed by atoms with E-state index in [-0.39, 0.29) is 24.5 Å². The third-order valence-electron chi connectivity index (χ3n) is 3.83. The Hall–Kier alpha value is -1.64. The summed E-state index contributed by atoms with van der Waals surface area (Å²) in [6, 6.07) is 2.77. The predicted molar refractivity (Wildman–Crippen MR) is 89.1 cm³/mol. The zero-order valence-electron chi connectivity index (χ0n) is 13.3. The summed E-state index contributed by atoms with van der Waals surface area (Å²) in [5.74, 6) is 0.00819. The van der Waals surface area contributed by atoms with Crippen molar-refractivity contribution in [3.05, 3.63) is 22.4 Å². The van der Waals surface area contributed by atoms with Crippen molar-refractivity contribution < 1.29 is 14.7 Å². The van der Waals surface area contributed by atoms with Crippen molar-refractivity contribution >= 4 is 23.3 Å². The third kappa shape index (κ3) is 5.49. The van der Waals surface area contributed by atoms with Crippen LogP contribution in [0.5, 0.6) is 0 Å². The second-order valence-electron chi connectivity index (χ2n) is 5.81. The molecule has 1 aliphatic heterocycles. The van der Waals surface area contributed by atoms with Crippen LogP contribution in [0, 0.1) is 0 Å². The Morgan fingerprint density at radius 3 is 2.61 bits per heavy atom. The maximum Gasteiger partial charge on any atom is 0.312 e. The van der Waals surface area contributed by atoms with Crippen LogP contribution in [-0.2, 0) is 4.79 Å². The molecule has 1 aromatic heterocycles. The Kier molecular flexibility index (Phi) is 6.37. The molecule has 0 spiro atoms. The third-order valence-corrected chi connectivity index (χ3v) is 4.82. The molecule has 23 heavy (non-hydrogen) atoms. The van der Waals surface area contributed by atoms with Crippen molar-refractivity contribution in [1.82, 2.24) is 15.1 Å². The van der Waals surface area contributed by atoms with E-state index in [1.54, 1.807) is 6.92 Å². The zero-order valence-corrected chi connectivity index (χ0v) is 14.1. The number of aliphatic hydroxyl groups is 1. The van der Waals surface area contributed by atoms with E-state index in [1.807, 2.05) is 22.4 Å². The molecule has 1 aliphatic rings. The van der Waals surface area contributed by atoms with Gasteiger partial charge in [0, 0.05) is 37.6 Å². The van der Waals surface area contributed by atoms with Crippen molar-refractivity contribution in [3.63, 3.8) is 0 Å². The number of carbonyl (C=O) groups excluding carboxylic acids is 2. The summed E-state index contributed by atoms with van der Waals surface area (Å²) < 4.78 is 0. The molecule has 2 heterocycles. The molecule has 0 bridgehead atoms. The molecule has 3 amide bonds. The number of nitrogens with one attached hydrogen (secondary N) is 1. The first-order valence-corrected chi connectivity index (χ1v) is 8.61. The molecule has 1 saturated heterocycles. The lowest BCUT2D eigenvalue weighted by molar-refractivity contribution is -0.133. The lowest BCUT2D eigenvalue weighted by atomic mass is 10.1. The van der Waals surface area contributed by atoms with E-state index >= 15 is 0 Å². The van der Waals surface area contributed by atoms with Gasteiger partial charge in [0.1, 0.15) is 0 Å². The Morgan fingerprint density at radius 2 is 2.09 bits per heavy atom. The number of carbonyl (C=O) groups is 2. The number of urea groups is 1. The number of primary amides is 1. The summed E-state index contributed by atoms with van der Waals surface area (Å²) in [4.78, 5) is 28.5. The van der Waals surface area contributed by atoms with E-state index in [2.05, 4.69) is 10.2 Å². The van der Waals surface area contributed by atoms with Crippen molar-refractivity contribution in [2.75, 3.05) is 32.7 Å². The van der Waals surface area contributed by atoms with E-state index in [9.17, 15) is 14.7 Å². The van der Waals surface area contributed by atoms with Gasteiger partial charge in [-0.15, -0.1) is 11.3 Å². The van der Waals surface area contributed by atoms with Gasteiger partial charge < -0.3 is 21.1 Å². The lowest BCUT2D eigenvalue weighted by Gasteiger charge is -2.35. The summed E-state index contributed by atoms with van der Waals surface area (Å²) in [6.45, 7) is 5.17. The highest BCUT2D eigenvalue weighted by Gasteiger charge is 2.25. The first kappa shape index (κ1) is 17.7. The SMILES string of the molecule is C[C@@H](O)CN1CCN(C(=O)C[C@@H](NC(N)=O)c2cccs2)CC1. The second kappa shape index (κ2) is 8.28. The molecule has 0 aromatic carbocycles. The molecule has 128 valence electrons. The van der Waals surface area contributed by atoms with Crippen LogP contribution in [0.25, 0.3) is 0 Å². The number of piperazine rings is 1. The maximum atomic E-state index is 12.5.